The van der Waals surface area contributed by atoms with Gasteiger partial charge in [0, 0.05) is 6.07 Å². The van der Waals surface area contributed by atoms with Crippen molar-refractivity contribution in [3.8, 4) is 0 Å². The highest BCUT2D eigenvalue weighted by molar-refractivity contribution is 6.02. The molecule has 1 aromatic carbocycles. The first-order valence-electron chi connectivity index (χ1n) is 5.35. The van der Waals surface area contributed by atoms with Crippen molar-refractivity contribution in [3.05, 3.63) is 63.3 Å². The maximum atomic E-state index is 13.4. The summed E-state index contributed by atoms with van der Waals surface area (Å²) in [5, 5.41) is 1.53. The Balaban J connectivity index is 2.45. The molecule has 1 amide bonds. The van der Waals surface area contributed by atoms with E-state index in [0.717, 1.165) is 12.1 Å². The number of carbonyl (C=O) groups is 1. The number of nitrogens with one attached hydrogen (secondary N) is 2. The smallest absolute Gasteiger partial charge is 0.272 e. The molecule has 0 spiro atoms. The molecule has 1 heterocycles. The normalized spacial score (nSPS) is 10.5. The number of carbonyl (C=O) groups excluding carboxylic acids is 1. The SMILES string of the molecule is O=C(Nc1c(F)c(F)c(F)c(F)c1F)c1cccc(=O)[nH]1. The van der Waals surface area contributed by atoms with Crippen molar-refractivity contribution in [2.45, 2.75) is 0 Å². The largest absolute Gasteiger partial charge is 0.318 e. The average Bonchev–Trinajstić information content (AvgIpc) is 2.47. The third-order valence-corrected chi connectivity index (χ3v) is 2.46. The Morgan fingerprint density at radius 3 is 1.95 bits per heavy atom. The Hall–Kier alpha value is -2.71. The van der Waals surface area contributed by atoms with Crippen LogP contribution in [0.2, 0.25) is 0 Å². The monoisotopic (exact) mass is 304 g/mol. The van der Waals surface area contributed by atoms with Crippen LogP contribution in [0, 0.1) is 29.1 Å². The molecule has 0 saturated heterocycles. The lowest BCUT2D eigenvalue weighted by molar-refractivity contribution is 0.102. The molecule has 4 nitrogen and oxygen atoms in total. The minimum Gasteiger partial charge on any atom is -0.318 e. The van der Waals surface area contributed by atoms with Crippen LogP contribution in [-0.4, -0.2) is 10.9 Å². The van der Waals surface area contributed by atoms with Gasteiger partial charge in [-0.1, -0.05) is 6.07 Å². The Kier molecular flexibility index (Phi) is 3.74. The van der Waals surface area contributed by atoms with Crippen LogP contribution in [0.5, 0.6) is 0 Å². The molecule has 0 bridgehead atoms. The highest BCUT2D eigenvalue weighted by atomic mass is 19.2. The van der Waals surface area contributed by atoms with Crippen molar-refractivity contribution in [1.29, 1.82) is 0 Å². The van der Waals surface area contributed by atoms with Gasteiger partial charge in [0.25, 0.3) is 5.91 Å². The molecule has 0 aliphatic heterocycles. The summed E-state index contributed by atoms with van der Waals surface area (Å²) in [5.74, 6) is -12.3. The fourth-order valence-corrected chi connectivity index (χ4v) is 1.48. The van der Waals surface area contributed by atoms with Gasteiger partial charge in [-0.3, -0.25) is 9.59 Å². The van der Waals surface area contributed by atoms with E-state index < -0.39 is 51.9 Å². The zero-order valence-electron chi connectivity index (χ0n) is 9.94. The number of anilines is 1. The topological polar surface area (TPSA) is 62.0 Å². The molecule has 0 unspecified atom stereocenters. The van der Waals surface area contributed by atoms with Crippen LogP contribution >= 0.6 is 0 Å². The summed E-state index contributed by atoms with van der Waals surface area (Å²) in [7, 11) is 0. The van der Waals surface area contributed by atoms with Gasteiger partial charge in [-0.2, -0.15) is 0 Å². The van der Waals surface area contributed by atoms with Gasteiger partial charge in [-0.05, 0) is 6.07 Å². The molecule has 0 saturated carbocycles. The fourth-order valence-electron chi connectivity index (χ4n) is 1.48. The van der Waals surface area contributed by atoms with Crippen molar-refractivity contribution in [1.82, 2.24) is 4.98 Å². The molecule has 2 aromatic rings. The number of halogens is 5. The zero-order valence-corrected chi connectivity index (χ0v) is 9.94. The molecule has 0 aliphatic carbocycles. The van der Waals surface area contributed by atoms with E-state index in [-0.39, 0.29) is 0 Å². The van der Waals surface area contributed by atoms with Crippen molar-refractivity contribution < 1.29 is 26.7 Å². The molecule has 1 aromatic heterocycles. The van der Waals surface area contributed by atoms with Crippen LogP contribution in [0.4, 0.5) is 27.6 Å². The number of benzene rings is 1. The number of H-pyrrole nitrogens is 1. The summed E-state index contributed by atoms with van der Waals surface area (Å²) in [5.41, 5.74) is -2.59. The van der Waals surface area contributed by atoms with E-state index in [1.54, 1.807) is 0 Å². The van der Waals surface area contributed by atoms with Gasteiger partial charge in [0.05, 0.1) is 0 Å². The number of amides is 1. The second-order valence-corrected chi connectivity index (χ2v) is 3.83. The van der Waals surface area contributed by atoms with E-state index in [0.29, 0.717) is 0 Å². The predicted molar refractivity (Wildman–Crippen MR) is 61.2 cm³/mol. The first-order chi connectivity index (χ1) is 9.82. The van der Waals surface area contributed by atoms with Crippen molar-refractivity contribution in [2.24, 2.45) is 0 Å². The van der Waals surface area contributed by atoms with E-state index in [2.05, 4.69) is 0 Å². The first kappa shape index (κ1) is 14.7. The molecule has 0 fully saturated rings. The standard InChI is InChI=1S/C12H5F5N2O2/c13-6-7(14)9(16)11(10(17)8(6)15)19-12(21)4-2-1-3-5(20)18-4/h1-3H,(H,18,20)(H,19,21). The summed E-state index contributed by atoms with van der Waals surface area (Å²) in [6.45, 7) is 0. The molecular weight excluding hydrogens is 299 g/mol. The average molecular weight is 304 g/mol. The third kappa shape index (κ3) is 2.62. The molecule has 9 heteroatoms. The quantitative estimate of drug-likeness (QED) is 0.508. The van der Waals surface area contributed by atoms with Crippen LogP contribution in [0.3, 0.4) is 0 Å². The van der Waals surface area contributed by atoms with Gasteiger partial charge in [0.2, 0.25) is 11.4 Å². The Morgan fingerprint density at radius 1 is 0.905 bits per heavy atom. The van der Waals surface area contributed by atoms with Gasteiger partial charge < -0.3 is 10.3 Å². The molecule has 2 N–H and O–H groups in total. The Morgan fingerprint density at radius 2 is 1.43 bits per heavy atom. The summed E-state index contributed by atoms with van der Waals surface area (Å²) < 4.78 is 65.4. The van der Waals surface area contributed by atoms with Crippen LogP contribution in [0.15, 0.2) is 23.0 Å². The Labute approximate surface area is 113 Å². The number of aromatic nitrogens is 1. The maximum Gasteiger partial charge on any atom is 0.272 e. The number of hydrogen-bond acceptors (Lipinski definition) is 2. The van der Waals surface area contributed by atoms with E-state index in [1.807, 2.05) is 4.98 Å². The van der Waals surface area contributed by atoms with Crippen molar-refractivity contribution >= 4 is 11.6 Å². The number of aromatic amines is 1. The second-order valence-electron chi connectivity index (χ2n) is 3.83. The second kappa shape index (κ2) is 5.35. The van der Waals surface area contributed by atoms with E-state index in [1.165, 1.54) is 11.4 Å². The highest BCUT2D eigenvalue weighted by Crippen LogP contribution is 2.27. The molecule has 110 valence electrons. The lowest BCUT2D eigenvalue weighted by Gasteiger charge is -2.09. The van der Waals surface area contributed by atoms with Gasteiger partial charge in [-0.15, -0.1) is 0 Å². The summed E-state index contributed by atoms with van der Waals surface area (Å²) in [6, 6.07) is 3.32. The van der Waals surface area contributed by atoms with Gasteiger partial charge in [-0.25, -0.2) is 22.0 Å². The molecule has 0 radical (unpaired) electrons. The van der Waals surface area contributed by atoms with Gasteiger partial charge >= 0.3 is 0 Å². The minimum atomic E-state index is -2.34. The lowest BCUT2D eigenvalue weighted by atomic mass is 10.2. The predicted octanol–water partition coefficient (Wildman–Crippen LogP) is 2.32. The zero-order chi connectivity index (χ0) is 15.7. The van der Waals surface area contributed by atoms with Crippen LogP contribution in [0.25, 0.3) is 0 Å². The van der Waals surface area contributed by atoms with Crippen LogP contribution in [0.1, 0.15) is 10.5 Å². The first-order valence-corrected chi connectivity index (χ1v) is 5.35. The minimum absolute atomic E-state index is 0.411. The molecular formula is C12H5F5N2O2. The lowest BCUT2D eigenvalue weighted by Crippen LogP contribution is -2.20. The summed E-state index contributed by atoms with van der Waals surface area (Å²) >= 11 is 0. The fraction of sp³-hybridized carbons (Fsp3) is 0. The molecule has 21 heavy (non-hydrogen) atoms. The summed E-state index contributed by atoms with van der Waals surface area (Å²) in [4.78, 5) is 24.6. The van der Waals surface area contributed by atoms with Crippen LogP contribution in [-0.2, 0) is 0 Å². The van der Waals surface area contributed by atoms with E-state index in [4.69, 9.17) is 0 Å². The molecule has 0 atom stereocenters. The summed E-state index contributed by atoms with van der Waals surface area (Å²) in [6.07, 6.45) is 0. The highest BCUT2D eigenvalue weighted by Gasteiger charge is 2.27. The van der Waals surface area contributed by atoms with Gasteiger partial charge in [0.15, 0.2) is 23.3 Å². The molecule has 0 aliphatic rings. The molecule has 2 rings (SSSR count). The van der Waals surface area contributed by atoms with Crippen LogP contribution < -0.4 is 10.9 Å². The van der Waals surface area contributed by atoms with Crippen molar-refractivity contribution in [2.75, 3.05) is 5.32 Å². The van der Waals surface area contributed by atoms with Crippen molar-refractivity contribution in [3.63, 3.8) is 0 Å². The van der Waals surface area contributed by atoms with Gasteiger partial charge in [0.1, 0.15) is 11.4 Å². The van der Waals surface area contributed by atoms with E-state index in [9.17, 15) is 31.5 Å². The number of rotatable bonds is 2. The number of pyridine rings is 1. The Bertz CT molecular complexity index is 759. The number of hydrogen-bond donors (Lipinski definition) is 2. The van der Waals surface area contributed by atoms with E-state index >= 15 is 0 Å². The third-order valence-electron chi connectivity index (χ3n) is 2.46. The maximum absolute atomic E-state index is 13.4.